The Hall–Kier alpha value is -0.350. The number of nitrogens with one attached hydrogen (secondary N) is 1. The predicted molar refractivity (Wildman–Crippen MR) is 58.6 cm³/mol. The molecular formula is C9H17BrN2O. The summed E-state index contributed by atoms with van der Waals surface area (Å²) in [4.78, 5) is 11.2. The molecule has 1 atom stereocenters. The molecule has 4 heteroatoms. The molecule has 1 amide bonds. The van der Waals surface area contributed by atoms with Crippen molar-refractivity contribution in [3.63, 3.8) is 0 Å². The SMILES string of the molecule is C=C(Br)CNC(=O)CC(N)CCC. The maximum Gasteiger partial charge on any atom is 0.221 e. The number of halogens is 1. The Labute approximate surface area is 87.9 Å². The summed E-state index contributed by atoms with van der Waals surface area (Å²) in [5.74, 6) is -0.0125. The van der Waals surface area contributed by atoms with E-state index in [2.05, 4.69) is 34.7 Å². The van der Waals surface area contributed by atoms with E-state index in [0.717, 1.165) is 17.3 Å². The molecule has 0 fully saturated rings. The molecule has 0 rings (SSSR count). The first-order valence-corrected chi connectivity index (χ1v) is 5.21. The average molecular weight is 249 g/mol. The summed E-state index contributed by atoms with van der Waals surface area (Å²) >= 11 is 3.16. The largest absolute Gasteiger partial charge is 0.351 e. The standard InChI is InChI=1S/C9H17BrN2O/c1-3-4-8(11)5-9(13)12-6-7(2)10/h8H,2-6,11H2,1H3,(H,12,13). The molecule has 1 unspecified atom stereocenters. The van der Waals surface area contributed by atoms with Crippen LogP contribution in [0.15, 0.2) is 11.1 Å². The van der Waals surface area contributed by atoms with Gasteiger partial charge in [0.25, 0.3) is 0 Å². The summed E-state index contributed by atoms with van der Waals surface area (Å²) in [5, 5.41) is 2.71. The minimum atomic E-state index is -0.0198. The van der Waals surface area contributed by atoms with Crippen molar-refractivity contribution in [2.24, 2.45) is 5.73 Å². The summed E-state index contributed by atoms with van der Waals surface area (Å²) in [7, 11) is 0. The van der Waals surface area contributed by atoms with Gasteiger partial charge in [0.15, 0.2) is 0 Å². The third-order valence-corrected chi connectivity index (χ3v) is 1.86. The Morgan fingerprint density at radius 2 is 2.31 bits per heavy atom. The number of carbonyl (C=O) groups excluding carboxylic acids is 1. The van der Waals surface area contributed by atoms with E-state index < -0.39 is 0 Å². The maximum atomic E-state index is 11.2. The van der Waals surface area contributed by atoms with Crippen LogP contribution in [0.1, 0.15) is 26.2 Å². The van der Waals surface area contributed by atoms with Crippen LogP contribution in [-0.2, 0) is 4.79 Å². The quantitative estimate of drug-likeness (QED) is 0.750. The van der Waals surface area contributed by atoms with Gasteiger partial charge in [0, 0.05) is 23.5 Å². The molecule has 0 aromatic rings. The van der Waals surface area contributed by atoms with E-state index in [1.54, 1.807) is 0 Å². The van der Waals surface area contributed by atoms with Crippen LogP contribution < -0.4 is 11.1 Å². The molecule has 0 spiro atoms. The molecule has 0 saturated heterocycles. The number of carbonyl (C=O) groups is 1. The van der Waals surface area contributed by atoms with E-state index in [-0.39, 0.29) is 11.9 Å². The molecule has 0 heterocycles. The highest BCUT2D eigenvalue weighted by atomic mass is 79.9. The summed E-state index contributed by atoms with van der Waals surface area (Å²) in [6, 6.07) is -0.0198. The van der Waals surface area contributed by atoms with Crippen LogP contribution >= 0.6 is 15.9 Å². The van der Waals surface area contributed by atoms with Gasteiger partial charge in [-0.15, -0.1) is 0 Å². The second-order valence-electron chi connectivity index (χ2n) is 3.05. The molecule has 0 radical (unpaired) electrons. The molecule has 3 nitrogen and oxygen atoms in total. The molecule has 0 aliphatic heterocycles. The molecule has 0 aromatic heterocycles. The van der Waals surface area contributed by atoms with Gasteiger partial charge >= 0.3 is 0 Å². The van der Waals surface area contributed by atoms with E-state index in [0.29, 0.717) is 13.0 Å². The van der Waals surface area contributed by atoms with Gasteiger partial charge in [0.05, 0.1) is 0 Å². The van der Waals surface area contributed by atoms with E-state index in [9.17, 15) is 4.79 Å². The lowest BCUT2D eigenvalue weighted by atomic mass is 10.1. The zero-order valence-corrected chi connectivity index (χ0v) is 9.56. The van der Waals surface area contributed by atoms with Crippen LogP contribution in [0.3, 0.4) is 0 Å². The van der Waals surface area contributed by atoms with Gasteiger partial charge in [-0.05, 0) is 6.42 Å². The molecule has 13 heavy (non-hydrogen) atoms. The Morgan fingerprint density at radius 3 is 2.77 bits per heavy atom. The molecule has 76 valence electrons. The molecule has 3 N–H and O–H groups in total. The van der Waals surface area contributed by atoms with Gasteiger partial charge in [0.1, 0.15) is 0 Å². The van der Waals surface area contributed by atoms with Crippen LogP contribution in [0.25, 0.3) is 0 Å². The molecule has 0 aliphatic rings. The van der Waals surface area contributed by atoms with Gasteiger partial charge in [-0.3, -0.25) is 4.79 Å². The maximum absolute atomic E-state index is 11.2. The number of rotatable bonds is 6. The first kappa shape index (κ1) is 12.7. The Morgan fingerprint density at radius 1 is 1.69 bits per heavy atom. The second-order valence-corrected chi connectivity index (χ2v) is 4.17. The van der Waals surface area contributed by atoms with Crippen molar-refractivity contribution in [1.82, 2.24) is 5.32 Å². The van der Waals surface area contributed by atoms with Gasteiger partial charge < -0.3 is 11.1 Å². The van der Waals surface area contributed by atoms with E-state index in [1.807, 2.05) is 0 Å². The summed E-state index contributed by atoms with van der Waals surface area (Å²) in [5.41, 5.74) is 5.70. The van der Waals surface area contributed by atoms with Crippen molar-refractivity contribution >= 4 is 21.8 Å². The third-order valence-electron chi connectivity index (χ3n) is 1.58. The second kappa shape index (κ2) is 7.09. The van der Waals surface area contributed by atoms with Crippen molar-refractivity contribution in [2.75, 3.05) is 6.54 Å². The smallest absolute Gasteiger partial charge is 0.221 e. The van der Waals surface area contributed by atoms with Crippen molar-refractivity contribution in [1.29, 1.82) is 0 Å². The molecular weight excluding hydrogens is 232 g/mol. The zero-order valence-electron chi connectivity index (χ0n) is 7.98. The van der Waals surface area contributed by atoms with Crippen molar-refractivity contribution < 1.29 is 4.79 Å². The molecule has 0 saturated carbocycles. The number of hydrogen-bond acceptors (Lipinski definition) is 2. The fourth-order valence-corrected chi connectivity index (χ4v) is 1.12. The Kier molecular flexibility index (Phi) is 6.90. The van der Waals surface area contributed by atoms with Gasteiger partial charge in [0.2, 0.25) is 5.91 Å². The summed E-state index contributed by atoms with van der Waals surface area (Å²) < 4.78 is 0.768. The normalized spacial score (nSPS) is 12.2. The van der Waals surface area contributed by atoms with Crippen LogP contribution in [-0.4, -0.2) is 18.5 Å². The highest BCUT2D eigenvalue weighted by molar-refractivity contribution is 9.11. The Bertz CT molecular complexity index is 182. The average Bonchev–Trinajstić information content (AvgIpc) is 2.01. The lowest BCUT2D eigenvalue weighted by Crippen LogP contribution is -2.32. The molecule has 0 aliphatic carbocycles. The molecule has 0 bridgehead atoms. The van der Waals surface area contributed by atoms with Crippen LogP contribution in [0.2, 0.25) is 0 Å². The summed E-state index contributed by atoms with van der Waals surface area (Å²) in [6.45, 7) is 6.14. The highest BCUT2D eigenvalue weighted by Gasteiger charge is 2.07. The van der Waals surface area contributed by atoms with Crippen LogP contribution in [0.4, 0.5) is 0 Å². The monoisotopic (exact) mass is 248 g/mol. The van der Waals surface area contributed by atoms with E-state index in [1.165, 1.54) is 0 Å². The summed E-state index contributed by atoms with van der Waals surface area (Å²) in [6.07, 6.45) is 2.30. The van der Waals surface area contributed by atoms with Crippen molar-refractivity contribution in [3.05, 3.63) is 11.1 Å². The number of nitrogens with two attached hydrogens (primary N) is 1. The third kappa shape index (κ3) is 7.99. The zero-order chi connectivity index (χ0) is 10.3. The van der Waals surface area contributed by atoms with Crippen molar-refractivity contribution in [3.8, 4) is 0 Å². The van der Waals surface area contributed by atoms with Gasteiger partial charge in [-0.2, -0.15) is 0 Å². The Balaban J connectivity index is 3.55. The minimum absolute atomic E-state index is 0.0125. The minimum Gasteiger partial charge on any atom is -0.351 e. The lowest BCUT2D eigenvalue weighted by Gasteiger charge is -2.09. The van der Waals surface area contributed by atoms with Gasteiger partial charge in [-0.25, -0.2) is 0 Å². The fourth-order valence-electron chi connectivity index (χ4n) is 0.978. The lowest BCUT2D eigenvalue weighted by molar-refractivity contribution is -0.121. The predicted octanol–water partition coefficient (Wildman–Crippen LogP) is 1.53. The van der Waals surface area contributed by atoms with Gasteiger partial charge in [-0.1, -0.05) is 35.9 Å². The highest BCUT2D eigenvalue weighted by Crippen LogP contribution is 2.00. The first-order valence-electron chi connectivity index (χ1n) is 4.41. The molecule has 0 aromatic carbocycles. The number of hydrogen-bond donors (Lipinski definition) is 2. The van der Waals surface area contributed by atoms with Crippen LogP contribution in [0, 0.1) is 0 Å². The van der Waals surface area contributed by atoms with Crippen molar-refractivity contribution in [2.45, 2.75) is 32.2 Å². The van der Waals surface area contributed by atoms with E-state index >= 15 is 0 Å². The topological polar surface area (TPSA) is 55.1 Å². The van der Waals surface area contributed by atoms with Crippen LogP contribution in [0.5, 0.6) is 0 Å². The number of amides is 1. The first-order chi connectivity index (χ1) is 6.06. The van der Waals surface area contributed by atoms with E-state index in [4.69, 9.17) is 5.73 Å². The fraction of sp³-hybridized carbons (Fsp3) is 0.667.